The third kappa shape index (κ3) is 4.57. The minimum absolute atomic E-state index is 0.0477. The van der Waals surface area contributed by atoms with Gasteiger partial charge in [0.15, 0.2) is 0 Å². The van der Waals surface area contributed by atoms with E-state index in [1.807, 2.05) is 0 Å². The second kappa shape index (κ2) is 6.17. The number of nitrogens with zero attached hydrogens (tertiary/aromatic N) is 1. The molecule has 0 atom stereocenters. The number of urea groups is 1. The monoisotopic (exact) mass is 263 g/mol. The van der Waals surface area contributed by atoms with Crippen molar-refractivity contribution in [3.8, 4) is 0 Å². The molecular formula is C13H17N3O3. The second-order valence-electron chi connectivity index (χ2n) is 4.73. The summed E-state index contributed by atoms with van der Waals surface area (Å²) in [7, 11) is 0. The van der Waals surface area contributed by atoms with E-state index >= 15 is 0 Å². The van der Waals surface area contributed by atoms with Crippen molar-refractivity contribution in [2.24, 2.45) is 5.92 Å². The lowest BCUT2D eigenvalue weighted by Gasteiger charge is -2.07. The van der Waals surface area contributed by atoms with Gasteiger partial charge in [0.1, 0.15) is 0 Å². The SMILES string of the molecule is O=C(NCCCC1CC1)Nc1cncc(C(=O)O)c1. The Labute approximate surface area is 111 Å². The van der Waals surface area contributed by atoms with Crippen LogP contribution in [0, 0.1) is 5.92 Å². The van der Waals surface area contributed by atoms with Crippen molar-refractivity contribution >= 4 is 17.7 Å². The zero-order valence-electron chi connectivity index (χ0n) is 10.6. The molecule has 2 amide bonds. The Bertz CT molecular complexity index is 472. The van der Waals surface area contributed by atoms with Crippen LogP contribution >= 0.6 is 0 Å². The first-order chi connectivity index (χ1) is 9.15. The topological polar surface area (TPSA) is 91.3 Å². The Morgan fingerprint density at radius 2 is 2.16 bits per heavy atom. The summed E-state index contributed by atoms with van der Waals surface area (Å²) in [5.74, 6) is -0.206. The molecule has 0 spiro atoms. The molecule has 1 aromatic rings. The van der Waals surface area contributed by atoms with Crippen LogP contribution in [0.4, 0.5) is 10.5 Å². The highest BCUT2D eigenvalue weighted by atomic mass is 16.4. The van der Waals surface area contributed by atoms with Crippen LogP contribution in [0.1, 0.15) is 36.0 Å². The molecule has 0 aliphatic heterocycles. The quantitative estimate of drug-likeness (QED) is 0.685. The Balaban J connectivity index is 1.74. The van der Waals surface area contributed by atoms with Gasteiger partial charge in [0.2, 0.25) is 0 Å². The maximum Gasteiger partial charge on any atom is 0.337 e. The van der Waals surface area contributed by atoms with Crippen molar-refractivity contribution in [1.29, 1.82) is 0 Å². The number of hydrogen-bond acceptors (Lipinski definition) is 3. The van der Waals surface area contributed by atoms with Crippen LogP contribution in [-0.2, 0) is 0 Å². The standard InChI is InChI=1S/C13H17N3O3/c17-12(18)10-6-11(8-14-7-10)16-13(19)15-5-1-2-9-3-4-9/h6-9H,1-5H2,(H,17,18)(H2,15,16,19). The van der Waals surface area contributed by atoms with E-state index in [1.54, 1.807) is 0 Å². The van der Waals surface area contributed by atoms with Gasteiger partial charge in [-0.3, -0.25) is 4.98 Å². The van der Waals surface area contributed by atoms with Gasteiger partial charge in [-0.05, 0) is 24.8 Å². The molecule has 1 aromatic heterocycles. The third-order valence-corrected chi connectivity index (χ3v) is 3.01. The fourth-order valence-electron chi connectivity index (χ4n) is 1.80. The normalized spacial score (nSPS) is 13.9. The highest BCUT2D eigenvalue weighted by Crippen LogP contribution is 2.33. The van der Waals surface area contributed by atoms with Gasteiger partial charge in [-0.2, -0.15) is 0 Å². The van der Waals surface area contributed by atoms with Crippen LogP contribution in [0.3, 0.4) is 0 Å². The number of amides is 2. The van der Waals surface area contributed by atoms with Crippen molar-refractivity contribution in [3.63, 3.8) is 0 Å². The fourth-order valence-corrected chi connectivity index (χ4v) is 1.80. The summed E-state index contributed by atoms with van der Waals surface area (Å²) in [4.78, 5) is 26.1. The Morgan fingerprint density at radius 1 is 1.37 bits per heavy atom. The summed E-state index contributed by atoms with van der Waals surface area (Å²) >= 11 is 0. The number of anilines is 1. The number of hydrogen-bond donors (Lipinski definition) is 3. The molecule has 0 radical (unpaired) electrons. The van der Waals surface area contributed by atoms with Gasteiger partial charge in [0, 0.05) is 12.7 Å². The van der Waals surface area contributed by atoms with Crippen molar-refractivity contribution in [2.75, 3.05) is 11.9 Å². The second-order valence-corrected chi connectivity index (χ2v) is 4.73. The van der Waals surface area contributed by atoms with E-state index in [-0.39, 0.29) is 11.6 Å². The van der Waals surface area contributed by atoms with Crippen LogP contribution < -0.4 is 10.6 Å². The Kier molecular flexibility index (Phi) is 4.33. The van der Waals surface area contributed by atoms with E-state index < -0.39 is 5.97 Å². The maximum absolute atomic E-state index is 11.6. The number of aromatic nitrogens is 1. The summed E-state index contributed by atoms with van der Waals surface area (Å²) in [6.07, 6.45) is 7.43. The van der Waals surface area contributed by atoms with Crippen LogP contribution in [0.2, 0.25) is 0 Å². The van der Waals surface area contributed by atoms with Crippen LogP contribution in [0.25, 0.3) is 0 Å². The first-order valence-electron chi connectivity index (χ1n) is 6.38. The summed E-state index contributed by atoms with van der Waals surface area (Å²) in [5.41, 5.74) is 0.422. The molecule has 0 saturated heterocycles. The van der Waals surface area contributed by atoms with E-state index in [2.05, 4.69) is 15.6 Å². The van der Waals surface area contributed by atoms with Crippen LogP contribution in [0.15, 0.2) is 18.5 Å². The first-order valence-corrected chi connectivity index (χ1v) is 6.38. The number of pyridine rings is 1. The third-order valence-electron chi connectivity index (χ3n) is 3.01. The summed E-state index contributed by atoms with van der Waals surface area (Å²) in [6, 6.07) is 1.04. The van der Waals surface area contributed by atoms with E-state index in [0.29, 0.717) is 12.2 Å². The van der Waals surface area contributed by atoms with Gasteiger partial charge in [-0.25, -0.2) is 9.59 Å². The zero-order valence-corrected chi connectivity index (χ0v) is 10.6. The molecular weight excluding hydrogens is 246 g/mol. The molecule has 1 saturated carbocycles. The number of carboxylic acid groups (broad SMARTS) is 1. The first kappa shape index (κ1) is 13.3. The summed E-state index contributed by atoms with van der Waals surface area (Å²) in [6.45, 7) is 0.633. The molecule has 0 unspecified atom stereocenters. The van der Waals surface area contributed by atoms with Crippen molar-refractivity contribution in [3.05, 3.63) is 24.0 Å². The molecule has 1 heterocycles. The molecule has 6 heteroatoms. The Hall–Kier alpha value is -2.11. The number of rotatable bonds is 6. The minimum Gasteiger partial charge on any atom is -0.478 e. The van der Waals surface area contributed by atoms with E-state index in [1.165, 1.54) is 31.3 Å². The lowest BCUT2D eigenvalue weighted by atomic mass is 10.2. The highest BCUT2D eigenvalue weighted by Gasteiger charge is 2.20. The molecule has 102 valence electrons. The predicted octanol–water partition coefficient (Wildman–Crippen LogP) is 2.09. The van der Waals surface area contributed by atoms with Gasteiger partial charge in [0.05, 0.1) is 17.4 Å². The molecule has 6 nitrogen and oxygen atoms in total. The largest absolute Gasteiger partial charge is 0.478 e. The predicted molar refractivity (Wildman–Crippen MR) is 70.2 cm³/mol. The molecule has 2 rings (SSSR count). The van der Waals surface area contributed by atoms with Crippen molar-refractivity contribution < 1.29 is 14.7 Å². The van der Waals surface area contributed by atoms with Gasteiger partial charge in [-0.15, -0.1) is 0 Å². The molecule has 0 bridgehead atoms. The molecule has 1 aliphatic carbocycles. The summed E-state index contributed by atoms with van der Waals surface area (Å²) < 4.78 is 0. The number of carboxylic acids is 1. The summed E-state index contributed by atoms with van der Waals surface area (Å²) in [5, 5.41) is 14.1. The van der Waals surface area contributed by atoms with Crippen LogP contribution in [0.5, 0.6) is 0 Å². The smallest absolute Gasteiger partial charge is 0.337 e. The zero-order chi connectivity index (χ0) is 13.7. The molecule has 3 N–H and O–H groups in total. The number of nitrogens with one attached hydrogen (secondary N) is 2. The van der Waals surface area contributed by atoms with Crippen molar-refractivity contribution in [2.45, 2.75) is 25.7 Å². The highest BCUT2D eigenvalue weighted by molar-refractivity contribution is 5.92. The lowest BCUT2D eigenvalue weighted by molar-refractivity contribution is 0.0696. The van der Waals surface area contributed by atoms with E-state index in [0.717, 1.165) is 18.8 Å². The molecule has 1 fully saturated rings. The molecule has 0 aromatic carbocycles. The van der Waals surface area contributed by atoms with Crippen molar-refractivity contribution in [1.82, 2.24) is 10.3 Å². The molecule has 1 aliphatic rings. The van der Waals surface area contributed by atoms with Gasteiger partial charge in [-0.1, -0.05) is 12.8 Å². The Morgan fingerprint density at radius 3 is 2.84 bits per heavy atom. The van der Waals surface area contributed by atoms with Gasteiger partial charge < -0.3 is 15.7 Å². The fraction of sp³-hybridized carbons (Fsp3) is 0.462. The van der Waals surface area contributed by atoms with Gasteiger partial charge >= 0.3 is 12.0 Å². The van der Waals surface area contributed by atoms with Gasteiger partial charge in [0.25, 0.3) is 0 Å². The average Bonchev–Trinajstić information content (AvgIpc) is 3.19. The minimum atomic E-state index is -1.07. The average molecular weight is 263 g/mol. The van der Waals surface area contributed by atoms with E-state index in [4.69, 9.17) is 5.11 Å². The number of carbonyl (C=O) groups is 2. The number of carbonyl (C=O) groups excluding carboxylic acids is 1. The number of aromatic carboxylic acids is 1. The molecule has 19 heavy (non-hydrogen) atoms. The lowest BCUT2D eigenvalue weighted by Crippen LogP contribution is -2.29. The van der Waals surface area contributed by atoms with E-state index in [9.17, 15) is 9.59 Å². The van der Waals surface area contributed by atoms with Crippen LogP contribution in [-0.4, -0.2) is 28.6 Å². The maximum atomic E-state index is 11.6.